The highest BCUT2D eigenvalue weighted by Crippen LogP contribution is 2.41. The Morgan fingerprint density at radius 1 is 1.13 bits per heavy atom. The second-order valence-electron chi connectivity index (χ2n) is 6.88. The van der Waals surface area contributed by atoms with Crippen molar-refractivity contribution in [3.63, 3.8) is 0 Å². The highest BCUT2D eigenvalue weighted by molar-refractivity contribution is 6.30. The quantitative estimate of drug-likeness (QED) is 0.373. The van der Waals surface area contributed by atoms with Gasteiger partial charge in [-0.05, 0) is 42.0 Å². The standard InChI is InChI=1S/C23H21ClN4O2/c1-30-18-10-7-16(8-11-18)23-26-20-13-17(24)9-12-19(20)22(15-5-3-2-4-6-15)28(23)14-21(29)27-25/h2-13,22H,14,25H2,1H3,(H,27,29)/t22-/m0/s1. The number of amides is 1. The zero-order chi connectivity index (χ0) is 21.1. The summed E-state index contributed by atoms with van der Waals surface area (Å²) < 4.78 is 5.28. The number of amidine groups is 1. The number of nitrogens with one attached hydrogen (secondary N) is 1. The average molecular weight is 421 g/mol. The maximum atomic E-state index is 12.3. The summed E-state index contributed by atoms with van der Waals surface area (Å²) in [5.74, 6) is 6.50. The Hall–Kier alpha value is -3.35. The van der Waals surface area contributed by atoms with Crippen molar-refractivity contribution >= 4 is 29.0 Å². The van der Waals surface area contributed by atoms with Gasteiger partial charge in [0.05, 0.1) is 18.8 Å². The lowest BCUT2D eigenvalue weighted by Crippen LogP contribution is -2.46. The maximum absolute atomic E-state index is 12.3. The fourth-order valence-corrected chi connectivity index (χ4v) is 3.81. The molecule has 0 fully saturated rings. The first-order valence-electron chi connectivity index (χ1n) is 9.44. The lowest BCUT2D eigenvalue weighted by molar-refractivity contribution is -0.121. The first kappa shape index (κ1) is 19.9. The molecule has 0 aliphatic carbocycles. The van der Waals surface area contributed by atoms with Crippen LogP contribution in [0, 0.1) is 0 Å². The first-order chi connectivity index (χ1) is 14.6. The molecule has 30 heavy (non-hydrogen) atoms. The van der Waals surface area contributed by atoms with E-state index >= 15 is 0 Å². The van der Waals surface area contributed by atoms with E-state index in [1.54, 1.807) is 7.11 Å². The molecule has 0 saturated heterocycles. The van der Waals surface area contributed by atoms with Crippen LogP contribution in [0.2, 0.25) is 5.02 Å². The predicted octanol–water partition coefficient (Wildman–Crippen LogP) is 3.82. The third-order valence-corrected chi connectivity index (χ3v) is 5.27. The number of methoxy groups -OCH3 is 1. The molecular weight excluding hydrogens is 400 g/mol. The second kappa shape index (κ2) is 8.57. The number of fused-ring (bicyclic) bond motifs is 1. The molecule has 4 rings (SSSR count). The monoisotopic (exact) mass is 420 g/mol. The molecule has 3 aromatic carbocycles. The minimum atomic E-state index is -0.311. The lowest BCUT2D eigenvalue weighted by atomic mass is 9.93. The van der Waals surface area contributed by atoms with Crippen molar-refractivity contribution < 1.29 is 9.53 Å². The van der Waals surface area contributed by atoms with Crippen LogP contribution in [0.1, 0.15) is 22.7 Å². The first-order valence-corrected chi connectivity index (χ1v) is 9.82. The van der Waals surface area contributed by atoms with E-state index in [-0.39, 0.29) is 18.5 Å². The van der Waals surface area contributed by atoms with E-state index in [1.807, 2.05) is 77.7 Å². The number of benzene rings is 3. The summed E-state index contributed by atoms with van der Waals surface area (Å²) in [5, 5.41) is 0.603. The third kappa shape index (κ3) is 3.87. The van der Waals surface area contributed by atoms with Gasteiger partial charge in [0.15, 0.2) is 0 Å². The van der Waals surface area contributed by atoms with Crippen molar-refractivity contribution in [3.8, 4) is 5.75 Å². The third-order valence-electron chi connectivity index (χ3n) is 5.04. The molecule has 1 atom stereocenters. The van der Waals surface area contributed by atoms with Crippen LogP contribution >= 0.6 is 11.6 Å². The van der Waals surface area contributed by atoms with Gasteiger partial charge in [0.1, 0.15) is 18.1 Å². The van der Waals surface area contributed by atoms with Crippen LogP contribution in [0.3, 0.4) is 0 Å². The lowest BCUT2D eigenvalue weighted by Gasteiger charge is -2.38. The Morgan fingerprint density at radius 2 is 1.87 bits per heavy atom. The molecule has 0 spiro atoms. The van der Waals surface area contributed by atoms with Crippen LogP contribution in [0.5, 0.6) is 5.75 Å². The topological polar surface area (TPSA) is 80.0 Å². The molecule has 1 aliphatic heterocycles. The van der Waals surface area contributed by atoms with Gasteiger partial charge in [-0.15, -0.1) is 0 Å². The number of carbonyl (C=O) groups excluding carboxylic acids is 1. The molecule has 7 heteroatoms. The summed E-state index contributed by atoms with van der Waals surface area (Å²) in [5.41, 5.74) is 5.85. The Balaban J connectivity index is 1.91. The highest BCUT2D eigenvalue weighted by Gasteiger charge is 2.33. The molecular formula is C23H21ClN4O2. The van der Waals surface area contributed by atoms with Gasteiger partial charge >= 0.3 is 0 Å². The SMILES string of the molecule is COc1ccc(C2=Nc3cc(Cl)ccc3[C@H](c3ccccc3)N2CC(=O)NN)cc1. The van der Waals surface area contributed by atoms with Gasteiger partial charge in [-0.1, -0.05) is 48.0 Å². The summed E-state index contributed by atoms with van der Waals surface area (Å²) in [6.45, 7) is 0.0446. The summed E-state index contributed by atoms with van der Waals surface area (Å²) in [6, 6.07) is 23.0. The summed E-state index contributed by atoms with van der Waals surface area (Å²) in [4.78, 5) is 19.2. The highest BCUT2D eigenvalue weighted by atomic mass is 35.5. The molecule has 0 unspecified atom stereocenters. The largest absolute Gasteiger partial charge is 0.497 e. The molecule has 3 aromatic rings. The molecule has 0 bridgehead atoms. The van der Waals surface area contributed by atoms with Gasteiger partial charge in [-0.2, -0.15) is 0 Å². The van der Waals surface area contributed by atoms with Crippen LogP contribution < -0.4 is 16.0 Å². The van der Waals surface area contributed by atoms with Crippen molar-refractivity contribution in [2.45, 2.75) is 6.04 Å². The number of hydrogen-bond donors (Lipinski definition) is 2. The van der Waals surface area contributed by atoms with Crippen LogP contribution in [0.4, 0.5) is 5.69 Å². The second-order valence-corrected chi connectivity index (χ2v) is 7.31. The van der Waals surface area contributed by atoms with E-state index in [0.29, 0.717) is 10.9 Å². The molecule has 3 N–H and O–H groups in total. The molecule has 0 aromatic heterocycles. The van der Waals surface area contributed by atoms with Gasteiger partial charge in [-0.3, -0.25) is 10.2 Å². The van der Waals surface area contributed by atoms with E-state index in [2.05, 4.69) is 5.43 Å². The molecule has 1 aliphatic rings. The van der Waals surface area contributed by atoms with Crippen molar-refractivity contribution in [2.75, 3.05) is 13.7 Å². The van der Waals surface area contributed by atoms with E-state index in [4.69, 9.17) is 27.2 Å². The number of hydrogen-bond acceptors (Lipinski definition) is 5. The number of ether oxygens (including phenoxy) is 1. The maximum Gasteiger partial charge on any atom is 0.253 e. The number of hydrazine groups is 1. The molecule has 152 valence electrons. The molecule has 0 saturated carbocycles. The van der Waals surface area contributed by atoms with Crippen molar-refractivity contribution in [3.05, 3.63) is 94.5 Å². The van der Waals surface area contributed by atoms with Crippen LogP contribution in [-0.2, 0) is 4.79 Å². The average Bonchev–Trinajstić information content (AvgIpc) is 2.79. The molecule has 1 amide bonds. The number of carbonyl (C=O) groups is 1. The summed E-state index contributed by atoms with van der Waals surface area (Å²) in [6.07, 6.45) is 0. The van der Waals surface area contributed by atoms with Crippen LogP contribution in [0.25, 0.3) is 0 Å². The Labute approximate surface area is 179 Å². The molecule has 1 heterocycles. The van der Waals surface area contributed by atoms with E-state index in [9.17, 15) is 4.79 Å². The van der Waals surface area contributed by atoms with Crippen LogP contribution in [-0.4, -0.2) is 30.3 Å². The fourth-order valence-electron chi connectivity index (χ4n) is 3.65. The van der Waals surface area contributed by atoms with Gasteiger partial charge in [0, 0.05) is 16.1 Å². The van der Waals surface area contributed by atoms with E-state index < -0.39 is 0 Å². The smallest absolute Gasteiger partial charge is 0.253 e. The van der Waals surface area contributed by atoms with Crippen LogP contribution in [0.15, 0.2) is 77.8 Å². The Morgan fingerprint density at radius 3 is 2.53 bits per heavy atom. The number of halogens is 1. The zero-order valence-corrected chi connectivity index (χ0v) is 17.1. The van der Waals surface area contributed by atoms with Gasteiger partial charge < -0.3 is 9.64 Å². The van der Waals surface area contributed by atoms with E-state index in [0.717, 1.165) is 28.1 Å². The van der Waals surface area contributed by atoms with Crippen molar-refractivity contribution in [1.82, 2.24) is 10.3 Å². The van der Waals surface area contributed by atoms with Gasteiger partial charge in [0.25, 0.3) is 5.91 Å². The minimum absolute atomic E-state index is 0.0446. The molecule has 6 nitrogen and oxygen atoms in total. The number of aliphatic imine (C=N–C) groups is 1. The zero-order valence-electron chi connectivity index (χ0n) is 16.4. The van der Waals surface area contributed by atoms with E-state index in [1.165, 1.54) is 0 Å². The number of rotatable bonds is 5. The predicted molar refractivity (Wildman–Crippen MR) is 118 cm³/mol. The minimum Gasteiger partial charge on any atom is -0.497 e. The normalized spacial score (nSPS) is 15.2. The number of nitrogens with two attached hydrogens (primary N) is 1. The fraction of sp³-hybridized carbons (Fsp3) is 0.130. The van der Waals surface area contributed by atoms with Gasteiger partial charge in [-0.25, -0.2) is 10.8 Å². The van der Waals surface area contributed by atoms with Crippen molar-refractivity contribution in [1.29, 1.82) is 0 Å². The van der Waals surface area contributed by atoms with Gasteiger partial charge in [0.2, 0.25) is 0 Å². The Kier molecular flexibility index (Phi) is 5.70. The molecule has 0 radical (unpaired) electrons. The summed E-state index contributed by atoms with van der Waals surface area (Å²) in [7, 11) is 1.62. The van der Waals surface area contributed by atoms with Crippen molar-refractivity contribution in [2.24, 2.45) is 10.8 Å². The number of nitrogens with zero attached hydrogens (tertiary/aromatic N) is 2. The summed E-state index contributed by atoms with van der Waals surface area (Å²) >= 11 is 6.27. The Bertz CT molecular complexity index is 1080.